The second kappa shape index (κ2) is 7.11. The summed E-state index contributed by atoms with van der Waals surface area (Å²) in [5.41, 5.74) is 2.54. The van der Waals surface area contributed by atoms with E-state index < -0.39 is 18.5 Å². The number of hydrogen-bond donors (Lipinski definition) is 1. The van der Waals surface area contributed by atoms with Crippen LogP contribution in [0.4, 0.5) is 5.69 Å². The van der Waals surface area contributed by atoms with E-state index in [-0.39, 0.29) is 5.56 Å². The third kappa shape index (κ3) is 3.23. The zero-order chi connectivity index (χ0) is 20.9. The Morgan fingerprint density at radius 3 is 2.72 bits per heavy atom. The summed E-state index contributed by atoms with van der Waals surface area (Å²) in [6, 6.07) is 0. The molecule has 4 heterocycles. The van der Waals surface area contributed by atoms with Crippen LogP contribution in [0.25, 0.3) is 10.2 Å². The minimum atomic E-state index is -0.634. The Bertz CT molecular complexity index is 1220. The van der Waals surface area contributed by atoms with Crippen molar-refractivity contribution < 1.29 is 14.3 Å². The summed E-state index contributed by atoms with van der Waals surface area (Å²) in [7, 11) is 1.79. The standard InChI is InChI=1S/C19H21N5O4S/c1-9-14-17(20-12-6-5-7-24(12)18(14)26)29-16(9)19(27)28-8-13(25)21-15-10(2)22-23(4)11(15)3/h5-8H2,1-4H3,(H,21,25). The van der Waals surface area contributed by atoms with Crippen molar-refractivity contribution in [2.75, 3.05) is 11.9 Å². The Balaban J connectivity index is 1.51. The fourth-order valence-corrected chi connectivity index (χ4v) is 4.68. The quantitative estimate of drug-likeness (QED) is 0.652. The van der Waals surface area contributed by atoms with Crippen LogP contribution in [0.15, 0.2) is 4.79 Å². The van der Waals surface area contributed by atoms with Crippen molar-refractivity contribution in [3.8, 4) is 0 Å². The molecular formula is C19H21N5O4S. The third-order valence-electron chi connectivity index (χ3n) is 5.20. The number of aromatic nitrogens is 4. The lowest BCUT2D eigenvalue weighted by atomic mass is 10.2. The van der Waals surface area contributed by atoms with Crippen molar-refractivity contribution in [2.24, 2.45) is 7.05 Å². The van der Waals surface area contributed by atoms with Gasteiger partial charge < -0.3 is 10.1 Å². The first-order valence-electron chi connectivity index (χ1n) is 9.28. The molecule has 1 amide bonds. The average molecular weight is 415 g/mol. The van der Waals surface area contributed by atoms with E-state index in [0.29, 0.717) is 38.6 Å². The molecule has 0 saturated heterocycles. The van der Waals surface area contributed by atoms with Gasteiger partial charge in [-0.15, -0.1) is 11.3 Å². The largest absolute Gasteiger partial charge is 0.451 e. The number of carbonyl (C=O) groups is 2. The summed E-state index contributed by atoms with van der Waals surface area (Å²) < 4.78 is 8.53. The first-order valence-corrected chi connectivity index (χ1v) is 10.1. The van der Waals surface area contributed by atoms with Gasteiger partial charge in [-0.05, 0) is 32.8 Å². The maximum Gasteiger partial charge on any atom is 0.349 e. The SMILES string of the molecule is Cc1nn(C)c(C)c1NC(=O)COC(=O)c1sc2nc3n(c(=O)c2c1C)CCC3. The van der Waals surface area contributed by atoms with Gasteiger partial charge in [0, 0.05) is 20.0 Å². The number of nitrogens with one attached hydrogen (secondary N) is 1. The van der Waals surface area contributed by atoms with E-state index in [0.717, 1.165) is 35.7 Å². The highest BCUT2D eigenvalue weighted by Gasteiger charge is 2.24. The summed E-state index contributed by atoms with van der Waals surface area (Å²) in [6.07, 6.45) is 1.66. The minimum Gasteiger partial charge on any atom is -0.451 e. The van der Waals surface area contributed by atoms with Crippen LogP contribution in [0.2, 0.25) is 0 Å². The van der Waals surface area contributed by atoms with E-state index >= 15 is 0 Å². The minimum absolute atomic E-state index is 0.115. The lowest BCUT2D eigenvalue weighted by Crippen LogP contribution is -2.22. The average Bonchev–Trinajstić information content (AvgIpc) is 3.34. The van der Waals surface area contributed by atoms with Gasteiger partial charge in [0.15, 0.2) is 6.61 Å². The number of esters is 1. The number of carbonyl (C=O) groups excluding carboxylic acids is 2. The molecule has 10 heteroatoms. The van der Waals surface area contributed by atoms with Crippen molar-refractivity contribution in [3.05, 3.63) is 38.0 Å². The Kier molecular flexibility index (Phi) is 4.73. The van der Waals surface area contributed by atoms with Gasteiger partial charge in [-0.25, -0.2) is 9.78 Å². The molecule has 29 heavy (non-hydrogen) atoms. The van der Waals surface area contributed by atoms with Crippen LogP contribution in [0, 0.1) is 20.8 Å². The van der Waals surface area contributed by atoms with Gasteiger partial charge in [0.05, 0.1) is 22.5 Å². The maximum absolute atomic E-state index is 12.7. The number of amides is 1. The molecule has 0 bridgehead atoms. The van der Waals surface area contributed by atoms with Crippen LogP contribution < -0.4 is 10.9 Å². The molecule has 0 aliphatic carbocycles. The van der Waals surface area contributed by atoms with Crippen LogP contribution in [0.5, 0.6) is 0 Å². The van der Waals surface area contributed by atoms with Gasteiger partial charge in [-0.3, -0.25) is 18.8 Å². The highest BCUT2D eigenvalue weighted by molar-refractivity contribution is 7.20. The van der Waals surface area contributed by atoms with Crippen LogP contribution in [0.3, 0.4) is 0 Å². The summed E-state index contributed by atoms with van der Waals surface area (Å²) >= 11 is 1.13. The van der Waals surface area contributed by atoms with Crippen LogP contribution in [0.1, 0.15) is 38.9 Å². The molecule has 0 saturated carbocycles. The zero-order valence-corrected chi connectivity index (χ0v) is 17.5. The molecule has 1 N–H and O–H groups in total. The molecule has 0 aromatic carbocycles. The number of ether oxygens (including phenoxy) is 1. The lowest BCUT2D eigenvalue weighted by Gasteiger charge is -2.07. The number of rotatable bonds is 4. The zero-order valence-electron chi connectivity index (χ0n) is 16.7. The molecule has 4 rings (SSSR count). The molecule has 0 spiro atoms. The van der Waals surface area contributed by atoms with Gasteiger partial charge in [0.25, 0.3) is 11.5 Å². The van der Waals surface area contributed by atoms with E-state index in [4.69, 9.17) is 4.74 Å². The highest BCUT2D eigenvalue weighted by atomic mass is 32.1. The van der Waals surface area contributed by atoms with Crippen molar-refractivity contribution in [2.45, 2.75) is 40.2 Å². The number of nitrogens with zero attached hydrogens (tertiary/aromatic N) is 4. The molecule has 0 unspecified atom stereocenters. The smallest absolute Gasteiger partial charge is 0.349 e. The van der Waals surface area contributed by atoms with Crippen molar-refractivity contribution in [1.82, 2.24) is 19.3 Å². The summed E-state index contributed by atoms with van der Waals surface area (Å²) in [5.74, 6) is -0.330. The van der Waals surface area contributed by atoms with E-state index in [1.165, 1.54) is 0 Å². The lowest BCUT2D eigenvalue weighted by molar-refractivity contribution is -0.119. The first-order chi connectivity index (χ1) is 13.8. The fraction of sp³-hybridized carbons (Fsp3) is 0.421. The fourth-order valence-electron chi connectivity index (χ4n) is 3.60. The number of anilines is 1. The Labute approximate surface area is 170 Å². The molecule has 9 nitrogen and oxygen atoms in total. The van der Waals surface area contributed by atoms with Crippen molar-refractivity contribution in [3.63, 3.8) is 0 Å². The molecule has 3 aromatic heterocycles. The number of thiophene rings is 1. The predicted octanol–water partition coefficient (Wildman–Crippen LogP) is 1.86. The molecule has 152 valence electrons. The molecule has 0 radical (unpaired) electrons. The van der Waals surface area contributed by atoms with E-state index in [1.807, 2.05) is 6.92 Å². The first kappa shape index (κ1) is 19.3. The number of hydrogen-bond acceptors (Lipinski definition) is 7. The summed E-state index contributed by atoms with van der Waals surface area (Å²) in [4.78, 5) is 42.9. The van der Waals surface area contributed by atoms with Crippen LogP contribution >= 0.6 is 11.3 Å². The predicted molar refractivity (Wildman–Crippen MR) is 109 cm³/mol. The van der Waals surface area contributed by atoms with Gasteiger partial charge in [0.2, 0.25) is 0 Å². The van der Waals surface area contributed by atoms with Gasteiger partial charge in [-0.2, -0.15) is 5.10 Å². The molecule has 0 atom stereocenters. The normalized spacial score (nSPS) is 13.0. The second-order valence-electron chi connectivity index (χ2n) is 7.12. The Morgan fingerprint density at radius 2 is 2.03 bits per heavy atom. The van der Waals surface area contributed by atoms with Crippen molar-refractivity contribution in [1.29, 1.82) is 0 Å². The van der Waals surface area contributed by atoms with Crippen molar-refractivity contribution >= 4 is 39.1 Å². The molecular weight excluding hydrogens is 394 g/mol. The number of aryl methyl sites for hydroxylation is 4. The molecule has 1 aliphatic rings. The Hall–Kier alpha value is -3.01. The topological polar surface area (TPSA) is 108 Å². The second-order valence-corrected chi connectivity index (χ2v) is 8.12. The van der Waals surface area contributed by atoms with Gasteiger partial charge >= 0.3 is 5.97 Å². The van der Waals surface area contributed by atoms with E-state index in [2.05, 4.69) is 15.4 Å². The summed E-state index contributed by atoms with van der Waals surface area (Å²) in [5, 5.41) is 7.42. The van der Waals surface area contributed by atoms with Gasteiger partial charge in [-0.1, -0.05) is 0 Å². The van der Waals surface area contributed by atoms with Crippen LogP contribution in [-0.4, -0.2) is 37.8 Å². The van der Waals surface area contributed by atoms with Crippen LogP contribution in [-0.2, 0) is 29.5 Å². The third-order valence-corrected chi connectivity index (χ3v) is 6.37. The highest BCUT2D eigenvalue weighted by Crippen LogP contribution is 2.29. The number of fused-ring (bicyclic) bond motifs is 2. The maximum atomic E-state index is 12.7. The molecule has 0 fully saturated rings. The summed E-state index contributed by atoms with van der Waals surface area (Å²) in [6.45, 7) is 5.56. The van der Waals surface area contributed by atoms with E-state index in [1.54, 1.807) is 30.1 Å². The molecule has 1 aliphatic heterocycles. The molecule has 3 aromatic rings. The Morgan fingerprint density at radius 1 is 1.28 bits per heavy atom. The monoisotopic (exact) mass is 415 g/mol. The van der Waals surface area contributed by atoms with Gasteiger partial charge in [0.1, 0.15) is 15.5 Å². The van der Waals surface area contributed by atoms with E-state index in [9.17, 15) is 14.4 Å².